The summed E-state index contributed by atoms with van der Waals surface area (Å²) in [6.45, 7) is 1.21. The van der Waals surface area contributed by atoms with Crippen LogP contribution in [0.25, 0.3) is 0 Å². The molecule has 0 atom stereocenters. The van der Waals surface area contributed by atoms with Crippen molar-refractivity contribution in [2.75, 3.05) is 13.1 Å². The van der Waals surface area contributed by atoms with E-state index in [2.05, 4.69) is 4.98 Å². The number of hydrogen-bond acceptors (Lipinski definition) is 2. The molecule has 118 valence electrons. The second-order valence-electron chi connectivity index (χ2n) is 6.26. The minimum atomic E-state index is -0.428. The Morgan fingerprint density at radius 3 is 2.39 bits per heavy atom. The summed E-state index contributed by atoms with van der Waals surface area (Å²) in [7, 11) is 0. The van der Waals surface area contributed by atoms with E-state index in [1.54, 1.807) is 28.5 Å². The van der Waals surface area contributed by atoms with Gasteiger partial charge in [-0.05, 0) is 30.9 Å². The zero-order valence-corrected chi connectivity index (χ0v) is 12.9. The second-order valence-corrected chi connectivity index (χ2v) is 6.26. The fourth-order valence-corrected chi connectivity index (χ4v) is 3.40. The van der Waals surface area contributed by atoms with E-state index in [-0.39, 0.29) is 11.8 Å². The monoisotopic (exact) mass is 309 g/mol. The van der Waals surface area contributed by atoms with Crippen LogP contribution in [-0.2, 0) is 10.2 Å². The van der Waals surface area contributed by atoms with Gasteiger partial charge in [-0.3, -0.25) is 14.6 Å². The number of carbonyl (C=O) groups is 2. The Morgan fingerprint density at radius 1 is 1.00 bits per heavy atom. The SMILES string of the molecule is O=C(c1cc[nH]c1)N1CCCN1C(=O)C1(c2ccccc2)CC1. The molecule has 5 heteroatoms. The van der Waals surface area contributed by atoms with Crippen LogP contribution in [0.4, 0.5) is 0 Å². The number of rotatable bonds is 3. The number of aromatic nitrogens is 1. The van der Waals surface area contributed by atoms with Crippen LogP contribution in [0.2, 0.25) is 0 Å². The lowest BCUT2D eigenvalue weighted by Crippen LogP contribution is -2.48. The molecule has 2 amide bonds. The zero-order valence-electron chi connectivity index (χ0n) is 12.9. The van der Waals surface area contributed by atoms with E-state index >= 15 is 0 Å². The topological polar surface area (TPSA) is 56.4 Å². The average Bonchev–Trinajstić information content (AvgIpc) is 3.03. The molecule has 0 radical (unpaired) electrons. The van der Waals surface area contributed by atoms with Crippen LogP contribution in [0.15, 0.2) is 48.8 Å². The molecule has 0 bridgehead atoms. The molecular formula is C18H19N3O2. The van der Waals surface area contributed by atoms with E-state index in [1.165, 1.54) is 0 Å². The molecule has 2 fully saturated rings. The molecule has 2 aliphatic rings. The molecule has 1 aliphatic heterocycles. The fraction of sp³-hybridized carbons (Fsp3) is 0.333. The normalized spacial score (nSPS) is 19.0. The van der Waals surface area contributed by atoms with E-state index in [4.69, 9.17) is 0 Å². The third-order valence-electron chi connectivity index (χ3n) is 4.83. The molecule has 2 aromatic rings. The van der Waals surface area contributed by atoms with Gasteiger partial charge < -0.3 is 4.98 Å². The minimum absolute atomic E-state index is 0.0603. The van der Waals surface area contributed by atoms with Gasteiger partial charge in [0.1, 0.15) is 0 Å². The van der Waals surface area contributed by atoms with Crippen LogP contribution in [0.3, 0.4) is 0 Å². The number of nitrogens with zero attached hydrogens (tertiary/aromatic N) is 2. The molecule has 1 aromatic heterocycles. The number of nitrogens with one attached hydrogen (secondary N) is 1. The molecule has 2 heterocycles. The van der Waals surface area contributed by atoms with Crippen molar-refractivity contribution in [3.8, 4) is 0 Å². The Labute approximate surface area is 134 Å². The number of hydrazine groups is 1. The summed E-state index contributed by atoms with van der Waals surface area (Å²) in [5, 5.41) is 3.27. The van der Waals surface area contributed by atoms with Gasteiger partial charge in [-0.2, -0.15) is 0 Å². The van der Waals surface area contributed by atoms with Gasteiger partial charge in [-0.1, -0.05) is 30.3 Å². The molecule has 1 saturated heterocycles. The third-order valence-corrected chi connectivity index (χ3v) is 4.83. The van der Waals surface area contributed by atoms with Crippen molar-refractivity contribution in [1.82, 2.24) is 15.0 Å². The smallest absolute Gasteiger partial charge is 0.273 e. The molecule has 4 rings (SSSR count). The quantitative estimate of drug-likeness (QED) is 0.946. The molecule has 1 aromatic carbocycles. The lowest BCUT2D eigenvalue weighted by atomic mass is 9.95. The fourth-order valence-electron chi connectivity index (χ4n) is 3.40. The predicted octanol–water partition coefficient (Wildman–Crippen LogP) is 2.34. The van der Waals surface area contributed by atoms with Gasteiger partial charge in [0.15, 0.2) is 0 Å². The number of hydrogen-bond donors (Lipinski definition) is 1. The number of carbonyl (C=O) groups excluding carboxylic acids is 2. The van der Waals surface area contributed by atoms with Gasteiger partial charge in [-0.15, -0.1) is 0 Å². The summed E-state index contributed by atoms with van der Waals surface area (Å²) in [6.07, 6.45) is 5.94. The van der Waals surface area contributed by atoms with Gasteiger partial charge in [-0.25, -0.2) is 5.01 Å². The maximum atomic E-state index is 13.1. The van der Waals surface area contributed by atoms with Crippen molar-refractivity contribution in [1.29, 1.82) is 0 Å². The van der Waals surface area contributed by atoms with Crippen LogP contribution in [0, 0.1) is 0 Å². The molecule has 1 aliphatic carbocycles. The van der Waals surface area contributed by atoms with Crippen molar-refractivity contribution in [3.63, 3.8) is 0 Å². The van der Waals surface area contributed by atoms with Gasteiger partial charge in [0.2, 0.25) is 0 Å². The highest BCUT2D eigenvalue weighted by atomic mass is 16.2. The highest BCUT2D eigenvalue weighted by molar-refractivity contribution is 5.98. The maximum absolute atomic E-state index is 13.1. The van der Waals surface area contributed by atoms with Gasteiger partial charge in [0.05, 0.1) is 11.0 Å². The Bertz CT molecular complexity index is 720. The predicted molar refractivity (Wildman–Crippen MR) is 85.5 cm³/mol. The second kappa shape index (κ2) is 5.26. The average molecular weight is 309 g/mol. The lowest BCUT2D eigenvalue weighted by molar-refractivity contribution is -0.143. The summed E-state index contributed by atoms with van der Waals surface area (Å²) in [4.78, 5) is 28.7. The van der Waals surface area contributed by atoms with E-state index in [9.17, 15) is 9.59 Å². The minimum Gasteiger partial charge on any atom is -0.367 e. The molecule has 0 unspecified atom stereocenters. The van der Waals surface area contributed by atoms with Gasteiger partial charge in [0, 0.05) is 25.5 Å². The van der Waals surface area contributed by atoms with E-state index in [1.807, 2.05) is 30.3 Å². The Kier molecular flexibility index (Phi) is 3.22. The first-order valence-electron chi connectivity index (χ1n) is 8.04. The number of benzene rings is 1. The Morgan fingerprint density at radius 2 is 1.74 bits per heavy atom. The highest BCUT2D eigenvalue weighted by Crippen LogP contribution is 2.50. The van der Waals surface area contributed by atoms with Crippen molar-refractivity contribution >= 4 is 11.8 Å². The Balaban J connectivity index is 1.60. The maximum Gasteiger partial charge on any atom is 0.273 e. The van der Waals surface area contributed by atoms with E-state index in [0.29, 0.717) is 18.7 Å². The first-order valence-corrected chi connectivity index (χ1v) is 8.04. The summed E-state index contributed by atoms with van der Waals surface area (Å²) in [6, 6.07) is 11.7. The number of amides is 2. The molecule has 23 heavy (non-hydrogen) atoms. The first kappa shape index (κ1) is 14.1. The molecule has 1 saturated carbocycles. The van der Waals surface area contributed by atoms with Gasteiger partial charge >= 0.3 is 0 Å². The number of H-pyrrole nitrogens is 1. The largest absolute Gasteiger partial charge is 0.367 e. The lowest BCUT2D eigenvalue weighted by Gasteiger charge is -2.31. The molecular weight excluding hydrogens is 290 g/mol. The standard InChI is InChI=1S/C18H19N3O2/c22-16(14-7-10-19-13-14)20-11-4-12-21(20)17(23)18(8-9-18)15-5-2-1-3-6-15/h1-3,5-7,10,13,19H,4,8-9,11-12H2. The van der Waals surface area contributed by atoms with Crippen LogP contribution in [0.1, 0.15) is 35.2 Å². The van der Waals surface area contributed by atoms with Crippen LogP contribution >= 0.6 is 0 Å². The van der Waals surface area contributed by atoms with Gasteiger partial charge in [0.25, 0.3) is 11.8 Å². The molecule has 0 spiro atoms. The van der Waals surface area contributed by atoms with Crippen LogP contribution in [0.5, 0.6) is 0 Å². The van der Waals surface area contributed by atoms with Crippen LogP contribution in [-0.4, -0.2) is 39.9 Å². The number of aromatic amines is 1. The van der Waals surface area contributed by atoms with Crippen LogP contribution < -0.4 is 0 Å². The first-order chi connectivity index (χ1) is 11.2. The highest BCUT2D eigenvalue weighted by Gasteiger charge is 2.54. The van der Waals surface area contributed by atoms with Crippen molar-refractivity contribution < 1.29 is 9.59 Å². The van der Waals surface area contributed by atoms with Crippen molar-refractivity contribution in [2.45, 2.75) is 24.7 Å². The summed E-state index contributed by atoms with van der Waals surface area (Å²) in [5.41, 5.74) is 1.22. The molecule has 1 N–H and O–H groups in total. The third kappa shape index (κ3) is 2.23. The molecule has 5 nitrogen and oxygen atoms in total. The zero-order chi connectivity index (χ0) is 15.9. The van der Waals surface area contributed by atoms with Crippen molar-refractivity contribution in [2.24, 2.45) is 0 Å². The van der Waals surface area contributed by atoms with E-state index in [0.717, 1.165) is 24.8 Å². The summed E-state index contributed by atoms with van der Waals surface area (Å²) < 4.78 is 0. The summed E-state index contributed by atoms with van der Waals surface area (Å²) >= 11 is 0. The van der Waals surface area contributed by atoms with Crippen molar-refractivity contribution in [3.05, 3.63) is 59.9 Å². The Hall–Kier alpha value is -2.56. The summed E-state index contributed by atoms with van der Waals surface area (Å²) in [5.74, 6) is -0.0500. The van der Waals surface area contributed by atoms with E-state index < -0.39 is 5.41 Å².